The largest absolute Gasteiger partial charge is 0.312 e. The predicted molar refractivity (Wildman–Crippen MR) is 108 cm³/mol. The molecule has 0 saturated carbocycles. The van der Waals surface area contributed by atoms with E-state index in [1.807, 2.05) is 54.6 Å². The third-order valence-corrected chi connectivity index (χ3v) is 4.53. The Bertz CT molecular complexity index is 878. The number of benzene rings is 2. The van der Waals surface area contributed by atoms with Crippen LogP contribution >= 0.6 is 0 Å². The molecule has 1 aliphatic heterocycles. The Morgan fingerprint density at radius 3 is 2.50 bits per heavy atom. The van der Waals surface area contributed by atoms with E-state index in [4.69, 9.17) is 0 Å². The average molecular weight is 377 g/mol. The molecule has 0 aliphatic carbocycles. The minimum atomic E-state index is -0.437. The van der Waals surface area contributed by atoms with Gasteiger partial charge in [0.2, 0.25) is 11.8 Å². The number of anilines is 1. The van der Waals surface area contributed by atoms with Crippen LogP contribution in [-0.2, 0) is 20.8 Å². The number of amides is 3. The van der Waals surface area contributed by atoms with E-state index in [1.165, 1.54) is 6.08 Å². The Morgan fingerprint density at radius 1 is 0.929 bits per heavy atom. The first kappa shape index (κ1) is 19.4. The molecule has 0 bridgehead atoms. The molecule has 0 spiro atoms. The zero-order valence-corrected chi connectivity index (χ0v) is 15.6. The van der Waals surface area contributed by atoms with E-state index in [9.17, 15) is 14.4 Å². The Balaban J connectivity index is 1.43. The van der Waals surface area contributed by atoms with Gasteiger partial charge in [-0.3, -0.25) is 25.2 Å². The summed E-state index contributed by atoms with van der Waals surface area (Å²) in [5.74, 6) is -0.925. The van der Waals surface area contributed by atoms with E-state index < -0.39 is 11.8 Å². The standard InChI is InChI=1S/C22H23N3O3/c26-20(13-12-17-7-2-1-3-8-17)23-24-21(27)14-15-22(28)25-16-6-10-18-9-4-5-11-19(18)25/h1-5,7-9,11-13H,6,10,14-16H2,(H,23,26)(H,24,27)/b13-12+. The average Bonchev–Trinajstić information content (AvgIpc) is 2.74. The molecule has 2 aromatic carbocycles. The molecule has 1 aliphatic rings. The van der Waals surface area contributed by atoms with Crippen LogP contribution < -0.4 is 15.8 Å². The van der Waals surface area contributed by atoms with Gasteiger partial charge in [-0.1, -0.05) is 48.5 Å². The highest BCUT2D eigenvalue weighted by molar-refractivity contribution is 5.97. The van der Waals surface area contributed by atoms with Gasteiger partial charge < -0.3 is 4.90 Å². The number of nitrogens with one attached hydrogen (secondary N) is 2. The number of carbonyl (C=O) groups is 3. The molecule has 144 valence electrons. The first-order valence-electron chi connectivity index (χ1n) is 9.34. The lowest BCUT2D eigenvalue weighted by atomic mass is 10.0. The summed E-state index contributed by atoms with van der Waals surface area (Å²) in [7, 11) is 0. The Morgan fingerprint density at radius 2 is 1.68 bits per heavy atom. The van der Waals surface area contributed by atoms with E-state index >= 15 is 0 Å². The van der Waals surface area contributed by atoms with Crippen LogP contribution in [0.15, 0.2) is 60.7 Å². The molecule has 0 aromatic heterocycles. The Kier molecular flexibility index (Phi) is 6.57. The minimum absolute atomic E-state index is 0.0141. The Hall–Kier alpha value is -3.41. The number of para-hydroxylation sites is 1. The lowest BCUT2D eigenvalue weighted by Gasteiger charge is -2.29. The van der Waals surface area contributed by atoms with Crippen LogP contribution in [0.1, 0.15) is 30.4 Å². The maximum atomic E-state index is 12.5. The topological polar surface area (TPSA) is 78.5 Å². The number of aryl methyl sites for hydroxylation is 1. The molecule has 2 N–H and O–H groups in total. The molecule has 0 atom stereocenters. The molecule has 0 saturated heterocycles. The fourth-order valence-electron chi connectivity index (χ4n) is 3.12. The van der Waals surface area contributed by atoms with E-state index in [1.54, 1.807) is 11.0 Å². The zero-order chi connectivity index (χ0) is 19.8. The number of carbonyl (C=O) groups excluding carboxylic acids is 3. The van der Waals surface area contributed by atoms with Crippen molar-refractivity contribution >= 4 is 29.5 Å². The quantitative estimate of drug-likeness (QED) is 0.621. The second-order valence-electron chi connectivity index (χ2n) is 6.56. The lowest BCUT2D eigenvalue weighted by molar-refractivity contribution is -0.128. The van der Waals surface area contributed by atoms with E-state index in [-0.39, 0.29) is 18.7 Å². The van der Waals surface area contributed by atoms with Crippen LogP contribution in [0.3, 0.4) is 0 Å². The highest BCUT2D eigenvalue weighted by atomic mass is 16.2. The summed E-state index contributed by atoms with van der Waals surface area (Å²) in [6.45, 7) is 0.665. The first-order chi connectivity index (χ1) is 13.6. The molecule has 0 fully saturated rings. The van der Waals surface area contributed by atoms with Gasteiger partial charge >= 0.3 is 0 Å². The van der Waals surface area contributed by atoms with Gasteiger partial charge in [-0.15, -0.1) is 0 Å². The molecular weight excluding hydrogens is 354 g/mol. The van der Waals surface area contributed by atoms with Gasteiger partial charge in [0.1, 0.15) is 0 Å². The van der Waals surface area contributed by atoms with Gasteiger partial charge in [0.15, 0.2) is 0 Å². The fraction of sp³-hybridized carbons (Fsp3) is 0.227. The van der Waals surface area contributed by atoms with Gasteiger partial charge in [0, 0.05) is 31.1 Å². The molecule has 3 amide bonds. The van der Waals surface area contributed by atoms with Crippen molar-refractivity contribution < 1.29 is 14.4 Å². The van der Waals surface area contributed by atoms with Crippen molar-refractivity contribution in [3.05, 3.63) is 71.8 Å². The van der Waals surface area contributed by atoms with E-state index in [0.29, 0.717) is 6.54 Å². The molecule has 0 radical (unpaired) electrons. The van der Waals surface area contributed by atoms with Gasteiger partial charge in [0.05, 0.1) is 0 Å². The smallest absolute Gasteiger partial charge is 0.262 e. The lowest BCUT2D eigenvalue weighted by Crippen LogP contribution is -2.41. The summed E-state index contributed by atoms with van der Waals surface area (Å²) in [5, 5.41) is 0. The highest BCUT2D eigenvalue weighted by Gasteiger charge is 2.22. The van der Waals surface area contributed by atoms with Gasteiger partial charge in [-0.2, -0.15) is 0 Å². The third-order valence-electron chi connectivity index (χ3n) is 4.53. The van der Waals surface area contributed by atoms with E-state index in [2.05, 4.69) is 10.9 Å². The molecular formula is C22H23N3O3. The van der Waals surface area contributed by atoms with Crippen LogP contribution in [-0.4, -0.2) is 24.3 Å². The first-order valence-corrected chi connectivity index (χ1v) is 9.34. The highest BCUT2D eigenvalue weighted by Crippen LogP contribution is 2.27. The Labute approximate surface area is 164 Å². The molecule has 2 aromatic rings. The van der Waals surface area contributed by atoms with Gasteiger partial charge in [-0.25, -0.2) is 0 Å². The van der Waals surface area contributed by atoms with Crippen molar-refractivity contribution in [2.75, 3.05) is 11.4 Å². The number of hydrogen-bond acceptors (Lipinski definition) is 3. The van der Waals surface area contributed by atoms with Crippen molar-refractivity contribution in [2.45, 2.75) is 25.7 Å². The second kappa shape index (κ2) is 9.50. The summed E-state index contributed by atoms with van der Waals surface area (Å²) < 4.78 is 0. The summed E-state index contributed by atoms with van der Waals surface area (Å²) in [5.41, 5.74) is 7.63. The van der Waals surface area contributed by atoms with Crippen molar-refractivity contribution in [3.63, 3.8) is 0 Å². The predicted octanol–water partition coefficient (Wildman–Crippen LogP) is 2.61. The summed E-state index contributed by atoms with van der Waals surface area (Å²) in [6.07, 6.45) is 4.97. The number of nitrogens with zero attached hydrogens (tertiary/aromatic N) is 1. The zero-order valence-electron chi connectivity index (χ0n) is 15.6. The summed E-state index contributed by atoms with van der Waals surface area (Å²) in [6, 6.07) is 17.2. The second-order valence-corrected chi connectivity index (χ2v) is 6.56. The monoisotopic (exact) mass is 377 g/mol. The van der Waals surface area contributed by atoms with Crippen LogP contribution in [0.5, 0.6) is 0 Å². The molecule has 3 rings (SSSR count). The molecule has 6 heteroatoms. The molecule has 1 heterocycles. The normalized spacial score (nSPS) is 13.1. The summed E-state index contributed by atoms with van der Waals surface area (Å²) >= 11 is 0. The number of hydrogen-bond donors (Lipinski definition) is 2. The van der Waals surface area contributed by atoms with Crippen molar-refractivity contribution in [3.8, 4) is 0 Å². The van der Waals surface area contributed by atoms with Gasteiger partial charge in [-0.05, 0) is 36.1 Å². The molecule has 28 heavy (non-hydrogen) atoms. The fourth-order valence-corrected chi connectivity index (χ4v) is 3.12. The van der Waals surface area contributed by atoms with Crippen molar-refractivity contribution in [1.29, 1.82) is 0 Å². The van der Waals surface area contributed by atoms with Crippen LogP contribution in [0.2, 0.25) is 0 Å². The maximum Gasteiger partial charge on any atom is 0.262 e. The van der Waals surface area contributed by atoms with Crippen LogP contribution in [0.4, 0.5) is 5.69 Å². The third kappa shape index (κ3) is 5.30. The number of hydrazine groups is 1. The van der Waals surface area contributed by atoms with Crippen LogP contribution in [0.25, 0.3) is 6.08 Å². The minimum Gasteiger partial charge on any atom is -0.312 e. The molecule has 6 nitrogen and oxygen atoms in total. The van der Waals surface area contributed by atoms with E-state index in [0.717, 1.165) is 29.7 Å². The van der Waals surface area contributed by atoms with Crippen molar-refractivity contribution in [2.24, 2.45) is 0 Å². The van der Waals surface area contributed by atoms with Crippen molar-refractivity contribution in [1.82, 2.24) is 10.9 Å². The summed E-state index contributed by atoms with van der Waals surface area (Å²) in [4.78, 5) is 37.9. The van der Waals surface area contributed by atoms with Crippen LogP contribution in [0, 0.1) is 0 Å². The molecule has 0 unspecified atom stereocenters. The maximum absolute atomic E-state index is 12.5. The SMILES string of the molecule is O=C(/C=C/c1ccccc1)NNC(=O)CCC(=O)N1CCCc2ccccc21. The number of fused-ring (bicyclic) bond motifs is 1. The number of rotatable bonds is 5. The van der Waals surface area contributed by atoms with Gasteiger partial charge in [0.25, 0.3) is 5.91 Å².